The summed E-state index contributed by atoms with van der Waals surface area (Å²) < 4.78 is 39.7. The zero-order valence-electron chi connectivity index (χ0n) is 10.2. The largest absolute Gasteiger partial charge is 0.336 e. The second-order valence-corrected chi connectivity index (χ2v) is 5.12. The summed E-state index contributed by atoms with van der Waals surface area (Å²) in [6, 6.07) is 0.983. The minimum Gasteiger partial charge on any atom is -0.336 e. The molecule has 0 unspecified atom stereocenters. The first-order valence-electron chi connectivity index (χ1n) is 5.19. The summed E-state index contributed by atoms with van der Waals surface area (Å²) in [6.45, 7) is 3.47. The second-order valence-electron chi connectivity index (χ2n) is 4.55. The van der Waals surface area contributed by atoms with Crippen LogP contribution >= 0.6 is 15.9 Å². The summed E-state index contributed by atoms with van der Waals surface area (Å²) in [6.07, 6.45) is 0. The summed E-state index contributed by atoms with van der Waals surface area (Å²) >= 11 is 3.22. The third-order valence-electron chi connectivity index (χ3n) is 2.76. The van der Waals surface area contributed by atoms with Gasteiger partial charge < -0.3 is 4.90 Å². The first-order valence-corrected chi connectivity index (χ1v) is 6.31. The van der Waals surface area contributed by atoms with Crippen molar-refractivity contribution in [2.45, 2.75) is 19.4 Å². The van der Waals surface area contributed by atoms with E-state index in [9.17, 15) is 18.0 Å². The number of hydrogen-bond acceptors (Lipinski definition) is 1. The van der Waals surface area contributed by atoms with Crippen molar-refractivity contribution < 1.29 is 18.0 Å². The Morgan fingerprint density at radius 1 is 1.28 bits per heavy atom. The van der Waals surface area contributed by atoms with E-state index < -0.39 is 34.5 Å². The van der Waals surface area contributed by atoms with Gasteiger partial charge in [-0.1, -0.05) is 15.9 Å². The zero-order valence-corrected chi connectivity index (χ0v) is 11.8. The van der Waals surface area contributed by atoms with Gasteiger partial charge in [0.2, 0.25) is 0 Å². The molecule has 1 aromatic rings. The number of benzene rings is 1. The number of alkyl halides is 1. The Labute approximate surface area is 112 Å². The molecule has 1 rings (SSSR count). The highest BCUT2D eigenvalue weighted by Crippen LogP contribution is 2.22. The van der Waals surface area contributed by atoms with Gasteiger partial charge in [0.1, 0.15) is 23.0 Å². The van der Waals surface area contributed by atoms with Crippen molar-refractivity contribution in [1.82, 2.24) is 4.90 Å². The maximum Gasteiger partial charge on any atom is 0.260 e. The van der Waals surface area contributed by atoms with Crippen LogP contribution in [-0.4, -0.2) is 28.7 Å². The normalized spacial score (nSPS) is 11.5. The van der Waals surface area contributed by atoms with Crippen molar-refractivity contribution >= 4 is 21.8 Å². The Morgan fingerprint density at radius 3 is 2.11 bits per heavy atom. The summed E-state index contributed by atoms with van der Waals surface area (Å²) in [5.41, 5.74) is -1.36. The molecular weight excluding hydrogens is 311 g/mol. The topological polar surface area (TPSA) is 20.3 Å². The van der Waals surface area contributed by atoms with E-state index in [4.69, 9.17) is 0 Å². The van der Waals surface area contributed by atoms with Crippen LogP contribution in [-0.2, 0) is 0 Å². The van der Waals surface area contributed by atoms with Gasteiger partial charge in [0, 0.05) is 30.0 Å². The lowest BCUT2D eigenvalue weighted by Crippen LogP contribution is -2.46. The first-order chi connectivity index (χ1) is 8.20. The van der Waals surface area contributed by atoms with Crippen LogP contribution in [0.3, 0.4) is 0 Å². The molecule has 0 spiro atoms. The highest BCUT2D eigenvalue weighted by Gasteiger charge is 2.30. The van der Waals surface area contributed by atoms with Crippen molar-refractivity contribution in [2.24, 2.45) is 0 Å². The lowest BCUT2D eigenvalue weighted by molar-refractivity contribution is 0.0653. The molecule has 6 heteroatoms. The van der Waals surface area contributed by atoms with E-state index in [0.29, 0.717) is 17.5 Å². The fraction of sp³-hybridized carbons (Fsp3) is 0.417. The van der Waals surface area contributed by atoms with Gasteiger partial charge in [-0.25, -0.2) is 13.2 Å². The summed E-state index contributed by atoms with van der Waals surface area (Å²) in [7, 11) is 1.44. The van der Waals surface area contributed by atoms with Gasteiger partial charge in [0.15, 0.2) is 0 Å². The monoisotopic (exact) mass is 323 g/mol. The van der Waals surface area contributed by atoms with Crippen molar-refractivity contribution in [3.05, 3.63) is 35.1 Å². The number of rotatable bonds is 3. The predicted octanol–water partition coefficient (Wildman–Crippen LogP) is 3.35. The van der Waals surface area contributed by atoms with E-state index >= 15 is 0 Å². The fourth-order valence-corrected chi connectivity index (χ4v) is 1.65. The van der Waals surface area contributed by atoms with E-state index in [1.54, 1.807) is 13.8 Å². The van der Waals surface area contributed by atoms with Gasteiger partial charge in [-0.2, -0.15) is 0 Å². The first kappa shape index (κ1) is 15.0. The van der Waals surface area contributed by atoms with Gasteiger partial charge in [-0.05, 0) is 13.8 Å². The number of nitrogens with zero attached hydrogens (tertiary/aromatic N) is 1. The predicted molar refractivity (Wildman–Crippen MR) is 66.3 cm³/mol. The molecule has 100 valence electrons. The van der Waals surface area contributed by atoms with Gasteiger partial charge in [-0.3, -0.25) is 4.79 Å². The zero-order chi connectivity index (χ0) is 14.1. The quantitative estimate of drug-likeness (QED) is 0.781. The molecule has 0 fully saturated rings. The highest BCUT2D eigenvalue weighted by atomic mass is 79.9. The number of carbonyl (C=O) groups excluding carboxylic acids is 1. The fourth-order valence-electron chi connectivity index (χ4n) is 1.28. The van der Waals surface area contributed by atoms with Crippen molar-refractivity contribution in [1.29, 1.82) is 0 Å². The molecule has 0 bridgehead atoms. The van der Waals surface area contributed by atoms with Crippen LogP contribution in [0.1, 0.15) is 24.2 Å². The molecule has 1 aromatic carbocycles. The van der Waals surface area contributed by atoms with Crippen LogP contribution in [0.25, 0.3) is 0 Å². The van der Waals surface area contributed by atoms with E-state index in [-0.39, 0.29) is 0 Å². The highest BCUT2D eigenvalue weighted by molar-refractivity contribution is 9.09. The lowest BCUT2D eigenvalue weighted by atomic mass is 10.0. The minimum absolute atomic E-state index is 0.437. The maximum absolute atomic E-state index is 13.5. The maximum atomic E-state index is 13.5. The third kappa shape index (κ3) is 2.85. The minimum atomic E-state index is -1.20. The molecule has 2 nitrogen and oxygen atoms in total. The van der Waals surface area contributed by atoms with Crippen molar-refractivity contribution in [3.63, 3.8) is 0 Å². The van der Waals surface area contributed by atoms with Crippen LogP contribution in [0.15, 0.2) is 12.1 Å². The van der Waals surface area contributed by atoms with E-state index in [2.05, 4.69) is 15.9 Å². The van der Waals surface area contributed by atoms with E-state index in [1.165, 1.54) is 11.9 Å². The number of amides is 1. The number of carbonyl (C=O) groups is 1. The molecule has 0 saturated carbocycles. The van der Waals surface area contributed by atoms with Gasteiger partial charge >= 0.3 is 0 Å². The third-order valence-corrected chi connectivity index (χ3v) is 4.13. The molecule has 0 aromatic heterocycles. The molecule has 0 aliphatic heterocycles. The Hall–Kier alpha value is -1.04. The SMILES string of the molecule is CN(C(=O)c1c(F)cc(F)cc1F)C(C)(C)CBr. The van der Waals surface area contributed by atoms with E-state index in [0.717, 1.165) is 0 Å². The van der Waals surface area contributed by atoms with Crippen LogP contribution < -0.4 is 0 Å². The molecule has 18 heavy (non-hydrogen) atoms. The van der Waals surface area contributed by atoms with Gasteiger partial charge in [0.05, 0.1) is 0 Å². The second kappa shape index (κ2) is 5.30. The average molecular weight is 324 g/mol. The Balaban J connectivity index is 3.20. The van der Waals surface area contributed by atoms with E-state index in [1.807, 2.05) is 0 Å². The smallest absolute Gasteiger partial charge is 0.260 e. The van der Waals surface area contributed by atoms with Crippen molar-refractivity contribution in [2.75, 3.05) is 12.4 Å². The van der Waals surface area contributed by atoms with Crippen molar-refractivity contribution in [3.8, 4) is 0 Å². The molecule has 0 heterocycles. The van der Waals surface area contributed by atoms with Crippen LogP contribution in [0.5, 0.6) is 0 Å². The summed E-state index contributed by atoms with van der Waals surface area (Å²) in [5, 5.41) is 0.437. The average Bonchev–Trinajstić information content (AvgIpc) is 2.26. The summed E-state index contributed by atoms with van der Waals surface area (Å²) in [4.78, 5) is 13.2. The standard InChI is InChI=1S/C12H13BrF3NO/c1-12(2,6-13)17(3)11(18)10-8(15)4-7(14)5-9(10)16/h4-5H,6H2,1-3H3. The molecule has 0 aliphatic rings. The Kier molecular flexibility index (Phi) is 4.42. The molecule has 0 radical (unpaired) electrons. The molecule has 0 aliphatic carbocycles. The van der Waals surface area contributed by atoms with Crippen LogP contribution in [0.2, 0.25) is 0 Å². The molecule has 1 amide bonds. The van der Waals surface area contributed by atoms with Gasteiger partial charge in [-0.15, -0.1) is 0 Å². The van der Waals surface area contributed by atoms with Crippen LogP contribution in [0.4, 0.5) is 13.2 Å². The Bertz CT molecular complexity index is 453. The van der Waals surface area contributed by atoms with Crippen LogP contribution in [0, 0.1) is 17.5 Å². The summed E-state index contributed by atoms with van der Waals surface area (Å²) in [5.74, 6) is -4.28. The number of halogens is 4. The molecular formula is C12H13BrF3NO. The Morgan fingerprint density at radius 2 is 1.72 bits per heavy atom. The number of hydrogen-bond donors (Lipinski definition) is 0. The molecule has 0 atom stereocenters. The van der Waals surface area contributed by atoms with Gasteiger partial charge in [0.25, 0.3) is 5.91 Å². The molecule has 0 N–H and O–H groups in total. The lowest BCUT2D eigenvalue weighted by Gasteiger charge is -2.34. The molecule has 0 saturated heterocycles.